The minimum atomic E-state index is -0.349. The summed E-state index contributed by atoms with van der Waals surface area (Å²) in [6.07, 6.45) is 0.0376. The average molecular weight is 357 g/mol. The molecule has 1 N–H and O–H groups in total. The van der Waals surface area contributed by atoms with Gasteiger partial charge in [-0.05, 0) is 12.1 Å². The summed E-state index contributed by atoms with van der Waals surface area (Å²) in [5, 5.41) is 5.17. The Balaban J connectivity index is 1.59. The zero-order chi connectivity index (χ0) is 18.2. The van der Waals surface area contributed by atoms with Crippen LogP contribution in [0.15, 0.2) is 29.6 Å². The number of carbonyl (C=O) groups is 3. The lowest BCUT2D eigenvalue weighted by Gasteiger charge is -2.14. The van der Waals surface area contributed by atoms with Gasteiger partial charge >= 0.3 is 0 Å². The summed E-state index contributed by atoms with van der Waals surface area (Å²) in [5.74, 6) is -0.971. The molecular formula is C18H19N3O3S. The van der Waals surface area contributed by atoms with Crippen molar-refractivity contribution in [3.05, 3.63) is 46.5 Å². The van der Waals surface area contributed by atoms with Crippen molar-refractivity contribution < 1.29 is 14.4 Å². The van der Waals surface area contributed by atoms with Gasteiger partial charge in [0.1, 0.15) is 0 Å². The minimum absolute atomic E-state index is 0.0376. The molecule has 0 aliphatic carbocycles. The number of anilines is 1. The number of nitrogens with one attached hydrogen (secondary N) is 1. The summed E-state index contributed by atoms with van der Waals surface area (Å²) in [7, 11) is 0. The molecule has 0 saturated heterocycles. The Hall–Kier alpha value is -2.54. The van der Waals surface area contributed by atoms with Crippen molar-refractivity contribution >= 4 is 34.2 Å². The van der Waals surface area contributed by atoms with Gasteiger partial charge in [-0.1, -0.05) is 32.9 Å². The molecule has 6 nitrogen and oxygen atoms in total. The molecule has 0 unspecified atom stereocenters. The van der Waals surface area contributed by atoms with Crippen LogP contribution in [0.4, 0.5) is 5.13 Å². The van der Waals surface area contributed by atoms with Crippen molar-refractivity contribution in [2.24, 2.45) is 0 Å². The lowest BCUT2D eigenvalue weighted by molar-refractivity contribution is -0.116. The van der Waals surface area contributed by atoms with Crippen molar-refractivity contribution in [3.63, 3.8) is 0 Å². The number of aromatic nitrogens is 1. The van der Waals surface area contributed by atoms with Crippen molar-refractivity contribution in [2.75, 3.05) is 11.9 Å². The number of fused-ring (bicyclic) bond motifs is 1. The normalized spacial score (nSPS) is 14.0. The third kappa shape index (κ3) is 3.46. The summed E-state index contributed by atoms with van der Waals surface area (Å²) >= 11 is 1.36. The van der Waals surface area contributed by atoms with Crippen LogP contribution in [0.3, 0.4) is 0 Å². The summed E-state index contributed by atoms with van der Waals surface area (Å²) in [6, 6.07) is 6.68. The molecule has 7 heteroatoms. The van der Waals surface area contributed by atoms with E-state index in [1.165, 1.54) is 11.3 Å². The topological polar surface area (TPSA) is 79.4 Å². The fourth-order valence-electron chi connectivity index (χ4n) is 2.51. The van der Waals surface area contributed by atoms with E-state index in [9.17, 15) is 14.4 Å². The van der Waals surface area contributed by atoms with E-state index in [2.05, 4.69) is 31.1 Å². The van der Waals surface area contributed by atoms with Gasteiger partial charge in [0.2, 0.25) is 5.91 Å². The molecule has 1 aromatic carbocycles. The molecule has 1 aromatic heterocycles. The first-order valence-corrected chi connectivity index (χ1v) is 8.86. The molecule has 3 amide bonds. The molecule has 2 aromatic rings. The fraction of sp³-hybridized carbons (Fsp3) is 0.333. The maximum atomic E-state index is 12.3. The number of hydrogen-bond acceptors (Lipinski definition) is 5. The molecule has 0 radical (unpaired) electrons. The van der Waals surface area contributed by atoms with E-state index < -0.39 is 0 Å². The third-order valence-electron chi connectivity index (χ3n) is 3.96. The van der Waals surface area contributed by atoms with Gasteiger partial charge in [-0.25, -0.2) is 4.98 Å². The minimum Gasteiger partial charge on any atom is -0.302 e. The zero-order valence-electron chi connectivity index (χ0n) is 14.3. The Bertz CT molecular complexity index is 816. The van der Waals surface area contributed by atoms with E-state index in [0.29, 0.717) is 16.3 Å². The molecule has 1 aliphatic rings. The quantitative estimate of drug-likeness (QED) is 0.853. The van der Waals surface area contributed by atoms with Crippen molar-refractivity contribution in [2.45, 2.75) is 32.6 Å². The maximum Gasteiger partial charge on any atom is 0.261 e. The largest absolute Gasteiger partial charge is 0.302 e. The van der Waals surface area contributed by atoms with Crippen molar-refractivity contribution in [1.29, 1.82) is 0 Å². The smallest absolute Gasteiger partial charge is 0.261 e. The van der Waals surface area contributed by atoms with Gasteiger partial charge in [0.25, 0.3) is 11.8 Å². The Morgan fingerprint density at radius 2 is 1.76 bits per heavy atom. The van der Waals surface area contributed by atoms with Gasteiger partial charge in [0, 0.05) is 23.8 Å². The van der Waals surface area contributed by atoms with Crippen LogP contribution in [0, 0.1) is 0 Å². The van der Waals surface area contributed by atoms with E-state index in [0.717, 1.165) is 10.6 Å². The van der Waals surface area contributed by atoms with Crippen LogP contribution in [0.5, 0.6) is 0 Å². The average Bonchev–Trinajstić information content (AvgIpc) is 3.11. The van der Waals surface area contributed by atoms with Crippen LogP contribution in [0.25, 0.3) is 0 Å². The first-order valence-electron chi connectivity index (χ1n) is 7.98. The van der Waals surface area contributed by atoms with Crippen LogP contribution in [0.2, 0.25) is 0 Å². The lowest BCUT2D eigenvalue weighted by Crippen LogP contribution is -2.32. The summed E-state index contributed by atoms with van der Waals surface area (Å²) < 4.78 is 0. The second kappa shape index (κ2) is 6.40. The molecule has 25 heavy (non-hydrogen) atoms. The number of rotatable bonds is 4. The molecule has 0 fully saturated rings. The van der Waals surface area contributed by atoms with E-state index in [1.54, 1.807) is 24.3 Å². The number of amides is 3. The van der Waals surface area contributed by atoms with Gasteiger partial charge in [-0.3, -0.25) is 19.3 Å². The van der Waals surface area contributed by atoms with Gasteiger partial charge in [-0.15, -0.1) is 11.3 Å². The monoisotopic (exact) mass is 357 g/mol. The Morgan fingerprint density at radius 1 is 1.16 bits per heavy atom. The van der Waals surface area contributed by atoms with Gasteiger partial charge in [0.15, 0.2) is 5.13 Å². The van der Waals surface area contributed by atoms with E-state index in [1.807, 2.05) is 5.38 Å². The van der Waals surface area contributed by atoms with Crippen LogP contribution < -0.4 is 5.32 Å². The standard InChI is InChI=1S/C18H19N3O3S/c1-18(2,3)13-10-25-17(19-13)20-14(22)8-9-21-15(23)11-6-4-5-7-12(11)16(21)24/h4-7,10H,8-9H2,1-3H3,(H,19,20,22). The number of thiazole rings is 1. The highest BCUT2D eigenvalue weighted by atomic mass is 32.1. The first kappa shape index (κ1) is 17.3. The molecule has 3 rings (SSSR count). The Kier molecular flexibility index (Phi) is 4.43. The number of benzene rings is 1. The van der Waals surface area contributed by atoms with E-state index >= 15 is 0 Å². The van der Waals surface area contributed by atoms with Crippen LogP contribution in [0.1, 0.15) is 53.6 Å². The molecule has 1 aliphatic heterocycles. The summed E-state index contributed by atoms with van der Waals surface area (Å²) in [6.45, 7) is 6.21. The number of carbonyl (C=O) groups excluding carboxylic acids is 3. The van der Waals surface area contributed by atoms with Crippen LogP contribution in [-0.2, 0) is 10.2 Å². The molecule has 0 saturated carbocycles. The molecule has 0 atom stereocenters. The molecule has 0 bridgehead atoms. The van der Waals surface area contributed by atoms with E-state index in [-0.39, 0.29) is 36.1 Å². The highest BCUT2D eigenvalue weighted by molar-refractivity contribution is 7.13. The molecule has 130 valence electrons. The van der Waals surface area contributed by atoms with Gasteiger partial charge < -0.3 is 5.32 Å². The lowest BCUT2D eigenvalue weighted by atomic mass is 9.93. The first-order chi connectivity index (χ1) is 11.8. The highest BCUT2D eigenvalue weighted by Gasteiger charge is 2.35. The molecule has 0 spiro atoms. The SMILES string of the molecule is CC(C)(C)c1csc(NC(=O)CCN2C(=O)c3ccccc3C2=O)n1. The van der Waals surface area contributed by atoms with Gasteiger partial charge in [0.05, 0.1) is 16.8 Å². The zero-order valence-corrected chi connectivity index (χ0v) is 15.1. The second-order valence-corrected chi connectivity index (χ2v) is 7.75. The number of imide groups is 1. The number of hydrogen-bond donors (Lipinski definition) is 1. The van der Waals surface area contributed by atoms with E-state index in [4.69, 9.17) is 0 Å². The van der Waals surface area contributed by atoms with Crippen molar-refractivity contribution in [1.82, 2.24) is 9.88 Å². The Morgan fingerprint density at radius 3 is 2.28 bits per heavy atom. The fourth-order valence-corrected chi connectivity index (χ4v) is 3.47. The Labute approximate surface area is 149 Å². The predicted octanol–water partition coefficient (Wildman–Crippen LogP) is 3.07. The molecular weight excluding hydrogens is 338 g/mol. The van der Waals surface area contributed by atoms with Gasteiger partial charge in [-0.2, -0.15) is 0 Å². The van der Waals surface area contributed by atoms with Crippen LogP contribution >= 0.6 is 11.3 Å². The van der Waals surface area contributed by atoms with Crippen molar-refractivity contribution in [3.8, 4) is 0 Å². The number of nitrogens with zero attached hydrogens (tertiary/aromatic N) is 2. The second-order valence-electron chi connectivity index (χ2n) is 6.89. The molecule has 2 heterocycles. The predicted molar refractivity (Wildman–Crippen MR) is 95.9 cm³/mol. The highest BCUT2D eigenvalue weighted by Crippen LogP contribution is 2.26. The summed E-state index contributed by atoms with van der Waals surface area (Å²) in [5.41, 5.74) is 1.61. The summed E-state index contributed by atoms with van der Waals surface area (Å²) in [4.78, 5) is 42.2. The third-order valence-corrected chi connectivity index (χ3v) is 4.72. The maximum absolute atomic E-state index is 12.3. The van der Waals surface area contributed by atoms with Crippen LogP contribution in [-0.4, -0.2) is 34.2 Å².